The highest BCUT2D eigenvalue weighted by Gasteiger charge is 2.16. The second kappa shape index (κ2) is 6.32. The minimum Gasteiger partial charge on any atom is -0.393 e. The number of benzene rings is 1. The number of nitrogens with one attached hydrogen (secondary N) is 1. The maximum absolute atomic E-state index is 10.8. The molecule has 6 heteroatoms. The molecule has 0 radical (unpaired) electrons. The fourth-order valence-corrected chi connectivity index (χ4v) is 1.79. The summed E-state index contributed by atoms with van der Waals surface area (Å²) in [4.78, 5) is 10.4. The number of nitrogen functional groups attached to an aromatic ring is 1. The smallest absolute Gasteiger partial charge is 0.292 e. The van der Waals surface area contributed by atoms with Gasteiger partial charge in [0.2, 0.25) is 0 Å². The molecule has 0 aliphatic rings. The van der Waals surface area contributed by atoms with E-state index in [1.165, 1.54) is 6.07 Å². The highest BCUT2D eigenvalue weighted by atomic mass is 16.6. The summed E-state index contributed by atoms with van der Waals surface area (Å²) in [5.74, 6) is 0. The largest absolute Gasteiger partial charge is 0.393 e. The second-order valence-corrected chi connectivity index (χ2v) is 4.06. The monoisotopic (exact) mass is 252 g/mol. The van der Waals surface area contributed by atoms with Gasteiger partial charge in [-0.05, 0) is 12.5 Å². The van der Waals surface area contributed by atoms with Crippen LogP contribution in [-0.4, -0.2) is 23.0 Å². The Labute approximate surface area is 107 Å². The van der Waals surface area contributed by atoms with Gasteiger partial charge in [0.05, 0.1) is 4.92 Å². The van der Waals surface area contributed by atoms with Crippen molar-refractivity contribution in [2.24, 2.45) is 0 Å². The van der Waals surface area contributed by atoms with Crippen molar-refractivity contribution in [2.75, 3.05) is 18.8 Å². The average molecular weight is 252 g/mol. The third-order valence-corrected chi connectivity index (χ3v) is 3.01. The van der Waals surface area contributed by atoms with Crippen LogP contribution in [-0.2, 0) is 6.54 Å². The van der Waals surface area contributed by atoms with E-state index in [2.05, 4.69) is 5.43 Å². The van der Waals surface area contributed by atoms with Gasteiger partial charge in [-0.15, -0.1) is 0 Å². The van der Waals surface area contributed by atoms with E-state index in [1.54, 1.807) is 6.07 Å². The van der Waals surface area contributed by atoms with Crippen LogP contribution in [0.5, 0.6) is 0 Å². The first kappa shape index (κ1) is 14.4. The summed E-state index contributed by atoms with van der Waals surface area (Å²) in [6.45, 7) is 8.22. The minimum atomic E-state index is -0.449. The first-order valence-electron chi connectivity index (χ1n) is 6.02. The standard InChI is InChI=1S/C12H20N4O2/c1-4-15(5-2)14-8-10-9(3)6-7-11(12(10)13)16(17)18/h6-7,14H,4-5,8,13H2,1-3H3. The van der Waals surface area contributed by atoms with Gasteiger partial charge in [-0.2, -0.15) is 0 Å². The number of aryl methyl sites for hydroxylation is 1. The van der Waals surface area contributed by atoms with Crippen molar-refractivity contribution < 1.29 is 4.92 Å². The molecule has 1 aromatic carbocycles. The van der Waals surface area contributed by atoms with E-state index in [4.69, 9.17) is 5.73 Å². The van der Waals surface area contributed by atoms with Gasteiger partial charge in [0.25, 0.3) is 5.69 Å². The molecular weight excluding hydrogens is 232 g/mol. The molecule has 0 unspecified atom stereocenters. The maximum Gasteiger partial charge on any atom is 0.292 e. The quantitative estimate of drug-likeness (QED) is 0.458. The lowest BCUT2D eigenvalue weighted by atomic mass is 10.1. The Kier molecular flexibility index (Phi) is 5.06. The van der Waals surface area contributed by atoms with Crippen LogP contribution in [0.2, 0.25) is 0 Å². The molecule has 0 atom stereocenters. The summed E-state index contributed by atoms with van der Waals surface area (Å²) in [5.41, 5.74) is 11.0. The third-order valence-electron chi connectivity index (χ3n) is 3.01. The molecule has 0 aliphatic carbocycles. The van der Waals surface area contributed by atoms with E-state index in [1.807, 2.05) is 25.8 Å². The zero-order valence-electron chi connectivity index (χ0n) is 11.1. The molecule has 0 aromatic heterocycles. The molecule has 0 fully saturated rings. The van der Waals surface area contributed by atoms with Gasteiger partial charge in [-0.1, -0.05) is 19.9 Å². The fraction of sp³-hybridized carbons (Fsp3) is 0.500. The molecule has 0 saturated heterocycles. The van der Waals surface area contributed by atoms with Crippen LogP contribution in [0, 0.1) is 17.0 Å². The van der Waals surface area contributed by atoms with Gasteiger partial charge in [-0.25, -0.2) is 5.01 Å². The lowest BCUT2D eigenvalue weighted by Crippen LogP contribution is -2.37. The summed E-state index contributed by atoms with van der Waals surface area (Å²) >= 11 is 0. The second-order valence-electron chi connectivity index (χ2n) is 4.06. The molecule has 1 aromatic rings. The van der Waals surface area contributed by atoms with Crippen molar-refractivity contribution in [1.82, 2.24) is 10.4 Å². The number of nitrogens with zero attached hydrogens (tertiary/aromatic N) is 2. The molecule has 0 heterocycles. The lowest BCUT2D eigenvalue weighted by molar-refractivity contribution is -0.384. The van der Waals surface area contributed by atoms with Gasteiger partial charge < -0.3 is 5.73 Å². The highest BCUT2D eigenvalue weighted by molar-refractivity contribution is 5.65. The van der Waals surface area contributed by atoms with Gasteiger partial charge in [0.15, 0.2) is 0 Å². The Hall–Kier alpha value is -1.66. The van der Waals surface area contributed by atoms with Crippen LogP contribution in [0.15, 0.2) is 12.1 Å². The SMILES string of the molecule is CCN(CC)NCc1c(C)ccc([N+](=O)[O-])c1N. The predicted octanol–water partition coefficient (Wildman–Crippen LogP) is 1.83. The Bertz CT molecular complexity index is 430. The molecule has 0 bridgehead atoms. The minimum absolute atomic E-state index is 0.0306. The Morgan fingerprint density at radius 1 is 1.39 bits per heavy atom. The van der Waals surface area contributed by atoms with Crippen LogP contribution in [0.25, 0.3) is 0 Å². The average Bonchev–Trinajstić information content (AvgIpc) is 2.33. The highest BCUT2D eigenvalue weighted by Crippen LogP contribution is 2.27. The summed E-state index contributed by atoms with van der Waals surface area (Å²) in [5, 5.41) is 12.9. The van der Waals surface area contributed by atoms with Crippen molar-refractivity contribution in [1.29, 1.82) is 0 Å². The van der Waals surface area contributed by atoms with E-state index >= 15 is 0 Å². The normalized spacial score (nSPS) is 10.9. The van der Waals surface area contributed by atoms with Crippen molar-refractivity contribution in [2.45, 2.75) is 27.3 Å². The number of hydrogen-bond acceptors (Lipinski definition) is 5. The first-order valence-corrected chi connectivity index (χ1v) is 6.02. The van der Waals surface area contributed by atoms with Crippen molar-refractivity contribution in [3.05, 3.63) is 33.4 Å². The number of nitro groups is 1. The summed E-state index contributed by atoms with van der Waals surface area (Å²) < 4.78 is 0. The zero-order valence-corrected chi connectivity index (χ0v) is 11.1. The molecule has 18 heavy (non-hydrogen) atoms. The molecule has 1 rings (SSSR count). The van der Waals surface area contributed by atoms with E-state index < -0.39 is 4.92 Å². The first-order chi connectivity index (χ1) is 8.51. The summed E-state index contributed by atoms with van der Waals surface area (Å²) in [7, 11) is 0. The van der Waals surface area contributed by atoms with Crippen molar-refractivity contribution in [3.8, 4) is 0 Å². The van der Waals surface area contributed by atoms with Crippen molar-refractivity contribution >= 4 is 11.4 Å². The Morgan fingerprint density at radius 3 is 2.50 bits per heavy atom. The van der Waals surface area contributed by atoms with Gasteiger partial charge >= 0.3 is 0 Å². The maximum atomic E-state index is 10.8. The van der Waals surface area contributed by atoms with E-state index in [-0.39, 0.29) is 11.4 Å². The molecule has 3 N–H and O–H groups in total. The Morgan fingerprint density at radius 2 is 2.00 bits per heavy atom. The summed E-state index contributed by atoms with van der Waals surface area (Å²) in [6.07, 6.45) is 0. The number of nitro benzene ring substituents is 1. The topological polar surface area (TPSA) is 84.4 Å². The van der Waals surface area contributed by atoms with Gasteiger partial charge in [-0.3, -0.25) is 15.5 Å². The number of nitrogens with two attached hydrogens (primary N) is 1. The molecule has 6 nitrogen and oxygen atoms in total. The molecule has 100 valence electrons. The zero-order chi connectivity index (χ0) is 13.7. The van der Waals surface area contributed by atoms with Crippen LogP contribution in [0.1, 0.15) is 25.0 Å². The van der Waals surface area contributed by atoms with E-state index in [9.17, 15) is 10.1 Å². The molecule has 0 saturated carbocycles. The fourth-order valence-electron chi connectivity index (χ4n) is 1.79. The molecule has 0 spiro atoms. The summed E-state index contributed by atoms with van der Waals surface area (Å²) in [6, 6.07) is 3.18. The van der Waals surface area contributed by atoms with Crippen LogP contribution < -0.4 is 11.2 Å². The lowest BCUT2D eigenvalue weighted by Gasteiger charge is -2.20. The van der Waals surface area contributed by atoms with Gasteiger partial charge in [0, 0.05) is 31.3 Å². The van der Waals surface area contributed by atoms with Crippen LogP contribution in [0.3, 0.4) is 0 Å². The van der Waals surface area contributed by atoms with E-state index in [0.717, 1.165) is 24.2 Å². The Balaban J connectivity index is 2.94. The number of hydrazine groups is 1. The number of anilines is 1. The number of rotatable bonds is 6. The van der Waals surface area contributed by atoms with Crippen LogP contribution in [0.4, 0.5) is 11.4 Å². The van der Waals surface area contributed by atoms with E-state index in [0.29, 0.717) is 6.54 Å². The third kappa shape index (κ3) is 3.18. The molecule has 0 aliphatic heterocycles. The van der Waals surface area contributed by atoms with Gasteiger partial charge in [0.1, 0.15) is 5.69 Å². The predicted molar refractivity (Wildman–Crippen MR) is 72.0 cm³/mol. The number of hydrogen-bond donors (Lipinski definition) is 2. The molecule has 0 amide bonds. The molecular formula is C12H20N4O2. The van der Waals surface area contributed by atoms with Crippen LogP contribution >= 0.6 is 0 Å². The van der Waals surface area contributed by atoms with Crippen molar-refractivity contribution in [3.63, 3.8) is 0 Å².